The normalized spacial score (nSPS) is 29.0. The van der Waals surface area contributed by atoms with Crippen LogP contribution in [0.1, 0.15) is 96.0 Å². The van der Waals surface area contributed by atoms with Crippen molar-refractivity contribution in [2.45, 2.75) is 96.8 Å². The van der Waals surface area contributed by atoms with Crippen LogP contribution in [0.3, 0.4) is 0 Å². The van der Waals surface area contributed by atoms with Crippen molar-refractivity contribution in [3.05, 3.63) is 29.6 Å². The van der Waals surface area contributed by atoms with E-state index in [1.54, 1.807) is 0 Å². The van der Waals surface area contributed by atoms with Crippen LogP contribution in [0, 0.1) is 35.4 Å². The van der Waals surface area contributed by atoms with E-state index in [0.29, 0.717) is 0 Å². The molecule has 3 rings (SSSR count). The van der Waals surface area contributed by atoms with Gasteiger partial charge in [-0.15, -0.1) is 0 Å². The molecule has 0 unspecified atom stereocenters. The summed E-state index contributed by atoms with van der Waals surface area (Å²) in [6.07, 6.45) is 20.3. The van der Waals surface area contributed by atoms with Crippen LogP contribution < -0.4 is 0 Å². The van der Waals surface area contributed by atoms with Crippen molar-refractivity contribution in [2.24, 2.45) is 23.7 Å². The van der Waals surface area contributed by atoms with Crippen molar-refractivity contribution in [2.75, 3.05) is 0 Å². The zero-order chi connectivity index (χ0) is 19.1. The molecule has 27 heavy (non-hydrogen) atoms. The van der Waals surface area contributed by atoms with Crippen molar-refractivity contribution in [1.29, 1.82) is 0 Å². The molecule has 1 aromatic heterocycles. The molecule has 2 aliphatic carbocycles. The summed E-state index contributed by atoms with van der Waals surface area (Å²) in [5.74, 6) is 1.88. The molecule has 0 radical (unpaired) electrons. The maximum atomic E-state index is 13.3. The Morgan fingerprint density at radius 1 is 0.852 bits per heavy atom. The van der Waals surface area contributed by atoms with E-state index in [4.69, 9.17) is 0 Å². The summed E-state index contributed by atoms with van der Waals surface area (Å²) in [5.41, 5.74) is 0.831. The van der Waals surface area contributed by atoms with Gasteiger partial charge in [-0.05, 0) is 73.8 Å². The van der Waals surface area contributed by atoms with Crippen LogP contribution in [-0.4, -0.2) is 4.98 Å². The Morgan fingerprint density at radius 2 is 1.44 bits per heavy atom. The molecule has 0 saturated heterocycles. The predicted octanol–water partition coefficient (Wildman–Crippen LogP) is 7.49. The Balaban J connectivity index is 1.34. The largest absolute Gasteiger partial charge is 0.248 e. The van der Waals surface area contributed by atoms with E-state index < -0.39 is 11.8 Å². The van der Waals surface area contributed by atoms with E-state index >= 15 is 0 Å². The van der Waals surface area contributed by atoms with Gasteiger partial charge < -0.3 is 0 Å². The summed E-state index contributed by atoms with van der Waals surface area (Å²) in [5, 5.41) is 0. The molecule has 2 saturated carbocycles. The lowest BCUT2D eigenvalue weighted by Crippen LogP contribution is -2.26. The van der Waals surface area contributed by atoms with Crippen LogP contribution in [-0.2, 0) is 6.42 Å². The second kappa shape index (κ2) is 10.5. The molecule has 2 fully saturated rings. The minimum atomic E-state index is -0.987. The summed E-state index contributed by atoms with van der Waals surface area (Å²) in [4.78, 5) is 3.50. The van der Waals surface area contributed by atoms with Gasteiger partial charge in [0.15, 0.2) is 5.82 Å². The Hall–Kier alpha value is -0.990. The molecule has 0 aromatic carbocycles. The average molecular weight is 378 g/mol. The lowest BCUT2D eigenvalue weighted by Gasteiger charge is -2.38. The number of halogens is 2. The highest BCUT2D eigenvalue weighted by atomic mass is 19.2. The zero-order valence-electron chi connectivity index (χ0n) is 17.1. The molecule has 1 nitrogen and oxygen atoms in total. The van der Waals surface area contributed by atoms with Crippen molar-refractivity contribution < 1.29 is 8.78 Å². The lowest BCUT2D eigenvalue weighted by molar-refractivity contribution is 0.140. The van der Waals surface area contributed by atoms with Gasteiger partial charge in [0.2, 0.25) is 5.95 Å². The van der Waals surface area contributed by atoms with Crippen LogP contribution >= 0.6 is 0 Å². The number of hydrogen-bond donors (Lipinski definition) is 0. The van der Waals surface area contributed by atoms with Gasteiger partial charge >= 0.3 is 0 Å². The molecule has 0 amide bonds. The second-order valence-corrected chi connectivity index (χ2v) is 9.21. The van der Waals surface area contributed by atoms with Crippen LogP contribution in [0.25, 0.3) is 0 Å². The van der Waals surface area contributed by atoms with E-state index in [-0.39, 0.29) is 0 Å². The van der Waals surface area contributed by atoms with Gasteiger partial charge in [-0.1, -0.05) is 58.3 Å². The third-order valence-corrected chi connectivity index (χ3v) is 7.36. The van der Waals surface area contributed by atoms with Crippen molar-refractivity contribution in [3.8, 4) is 0 Å². The maximum absolute atomic E-state index is 13.3. The van der Waals surface area contributed by atoms with Gasteiger partial charge in [0.05, 0.1) is 0 Å². The standard InChI is InChI=1S/C24H37F2N/c1-2-3-4-5-18-8-12-21(13-9-18)22-14-10-19(11-15-22)6-7-20-16-23(25)24(26)27-17-20/h16-19,21-22H,2-15H2,1H3. The molecule has 0 N–H and O–H groups in total. The SMILES string of the molecule is CCCCCC1CCC(C2CCC(CCc3cnc(F)c(F)c3)CC2)CC1. The summed E-state index contributed by atoms with van der Waals surface area (Å²) >= 11 is 0. The molecule has 0 bridgehead atoms. The first-order chi connectivity index (χ1) is 13.2. The molecule has 1 heterocycles. The predicted molar refractivity (Wildman–Crippen MR) is 108 cm³/mol. The Kier molecular flexibility index (Phi) is 8.08. The summed E-state index contributed by atoms with van der Waals surface area (Å²) < 4.78 is 26.2. The number of rotatable bonds is 8. The fourth-order valence-corrected chi connectivity index (χ4v) is 5.55. The van der Waals surface area contributed by atoms with E-state index in [9.17, 15) is 8.78 Å². The molecular formula is C24H37F2N. The van der Waals surface area contributed by atoms with Crippen LogP contribution in [0.15, 0.2) is 12.3 Å². The Morgan fingerprint density at radius 3 is 2.00 bits per heavy atom. The summed E-state index contributed by atoms with van der Waals surface area (Å²) in [6.45, 7) is 2.29. The van der Waals surface area contributed by atoms with Gasteiger partial charge in [-0.3, -0.25) is 0 Å². The highest BCUT2D eigenvalue weighted by Crippen LogP contribution is 2.43. The number of hydrogen-bond acceptors (Lipinski definition) is 1. The van der Waals surface area contributed by atoms with Gasteiger partial charge in [0.25, 0.3) is 0 Å². The lowest BCUT2D eigenvalue weighted by atomic mass is 9.68. The smallest absolute Gasteiger partial charge is 0.225 e. The summed E-state index contributed by atoms with van der Waals surface area (Å²) in [6, 6.07) is 1.31. The van der Waals surface area contributed by atoms with E-state index in [0.717, 1.165) is 42.1 Å². The fraction of sp³-hybridized carbons (Fsp3) is 0.792. The number of pyridine rings is 1. The van der Waals surface area contributed by atoms with E-state index in [1.165, 1.54) is 89.3 Å². The first kappa shape index (κ1) is 20.7. The maximum Gasteiger partial charge on any atom is 0.248 e. The molecular weight excluding hydrogens is 340 g/mol. The quantitative estimate of drug-likeness (QED) is 0.338. The van der Waals surface area contributed by atoms with Gasteiger partial charge in [-0.2, -0.15) is 4.39 Å². The van der Waals surface area contributed by atoms with Crippen LogP contribution in [0.4, 0.5) is 8.78 Å². The van der Waals surface area contributed by atoms with Crippen LogP contribution in [0.2, 0.25) is 0 Å². The van der Waals surface area contributed by atoms with Gasteiger partial charge in [0.1, 0.15) is 0 Å². The van der Waals surface area contributed by atoms with Gasteiger partial charge in [-0.25, -0.2) is 9.37 Å². The third-order valence-electron chi connectivity index (χ3n) is 7.36. The molecule has 2 aliphatic rings. The molecule has 1 aromatic rings. The fourth-order valence-electron chi connectivity index (χ4n) is 5.55. The first-order valence-electron chi connectivity index (χ1n) is 11.5. The molecule has 0 spiro atoms. The Labute approximate surface area is 164 Å². The van der Waals surface area contributed by atoms with E-state index in [2.05, 4.69) is 11.9 Å². The number of nitrogens with zero attached hydrogens (tertiary/aromatic N) is 1. The van der Waals surface area contributed by atoms with Gasteiger partial charge in [0, 0.05) is 6.20 Å². The molecule has 3 heteroatoms. The second-order valence-electron chi connectivity index (χ2n) is 9.21. The minimum Gasteiger partial charge on any atom is -0.225 e. The number of aryl methyl sites for hydroxylation is 1. The number of aromatic nitrogens is 1. The zero-order valence-corrected chi connectivity index (χ0v) is 17.1. The molecule has 0 atom stereocenters. The third kappa shape index (κ3) is 6.26. The van der Waals surface area contributed by atoms with Crippen molar-refractivity contribution >= 4 is 0 Å². The highest BCUT2D eigenvalue weighted by molar-refractivity contribution is 5.11. The van der Waals surface area contributed by atoms with E-state index in [1.807, 2.05) is 0 Å². The minimum absolute atomic E-state index is 0.750. The highest BCUT2D eigenvalue weighted by Gasteiger charge is 2.30. The first-order valence-corrected chi connectivity index (χ1v) is 11.5. The number of unbranched alkanes of at least 4 members (excludes halogenated alkanes) is 2. The molecule has 152 valence electrons. The summed E-state index contributed by atoms with van der Waals surface area (Å²) in [7, 11) is 0. The molecule has 0 aliphatic heterocycles. The topological polar surface area (TPSA) is 12.9 Å². The monoisotopic (exact) mass is 377 g/mol. The average Bonchev–Trinajstić information content (AvgIpc) is 2.70. The van der Waals surface area contributed by atoms with Crippen molar-refractivity contribution in [3.63, 3.8) is 0 Å². The Bertz CT molecular complexity index is 557. The van der Waals surface area contributed by atoms with Crippen LogP contribution in [0.5, 0.6) is 0 Å². The van der Waals surface area contributed by atoms with Crippen molar-refractivity contribution in [1.82, 2.24) is 4.98 Å².